The molecule has 0 amide bonds. The summed E-state index contributed by atoms with van der Waals surface area (Å²) in [6, 6.07) is 15.1. The average Bonchev–Trinajstić information content (AvgIpc) is 2.37. The van der Waals surface area contributed by atoms with E-state index in [0.29, 0.717) is 11.3 Å². The van der Waals surface area contributed by atoms with Crippen molar-refractivity contribution < 1.29 is 13.2 Å². The minimum absolute atomic E-state index is 0.536. The van der Waals surface area contributed by atoms with Gasteiger partial charge in [-0.3, -0.25) is 0 Å². The van der Waals surface area contributed by atoms with Crippen LogP contribution in [0.5, 0.6) is 0 Å². The zero-order valence-electron chi connectivity index (χ0n) is 9.45. The van der Waals surface area contributed by atoms with Crippen LogP contribution in [0.1, 0.15) is 11.1 Å². The summed E-state index contributed by atoms with van der Waals surface area (Å²) in [4.78, 5) is 1.05. The van der Waals surface area contributed by atoms with E-state index in [1.807, 2.05) is 30.3 Å². The number of alkyl halides is 3. The molecule has 4 heteroatoms. The Morgan fingerprint density at radius 3 is 2.28 bits per heavy atom. The summed E-state index contributed by atoms with van der Waals surface area (Å²) in [6.07, 6.45) is -4.27. The van der Waals surface area contributed by atoms with Gasteiger partial charge < -0.3 is 0 Å². The summed E-state index contributed by atoms with van der Waals surface area (Å²) in [5.41, 5.74) is 0.0901. The Kier molecular flexibility index (Phi) is 3.97. The van der Waals surface area contributed by atoms with Crippen LogP contribution in [0.4, 0.5) is 13.2 Å². The van der Waals surface area contributed by atoms with Crippen molar-refractivity contribution in [2.45, 2.75) is 16.8 Å². The van der Waals surface area contributed by atoms with Gasteiger partial charge in [0.2, 0.25) is 0 Å². The SMILES string of the molecule is FC(F)(F)c1cccc(CSc2ccccc2)c1. The molecule has 0 aliphatic heterocycles. The highest BCUT2D eigenvalue weighted by Crippen LogP contribution is 2.31. The van der Waals surface area contributed by atoms with Gasteiger partial charge in [-0.2, -0.15) is 13.2 Å². The van der Waals surface area contributed by atoms with Crippen LogP contribution < -0.4 is 0 Å². The summed E-state index contributed by atoms with van der Waals surface area (Å²) < 4.78 is 37.6. The number of benzene rings is 2. The molecular formula is C14H11F3S. The second-order valence-corrected chi connectivity index (χ2v) is 4.85. The summed E-state index contributed by atoms with van der Waals surface area (Å²) in [5.74, 6) is 0.536. The zero-order chi connectivity index (χ0) is 13.0. The quantitative estimate of drug-likeness (QED) is 0.706. The van der Waals surface area contributed by atoms with Gasteiger partial charge in [0.05, 0.1) is 5.56 Å². The van der Waals surface area contributed by atoms with Gasteiger partial charge in [0, 0.05) is 10.6 Å². The number of hydrogen-bond donors (Lipinski definition) is 0. The van der Waals surface area contributed by atoms with E-state index in [9.17, 15) is 13.2 Å². The van der Waals surface area contributed by atoms with Crippen molar-refractivity contribution in [2.24, 2.45) is 0 Å². The van der Waals surface area contributed by atoms with E-state index in [2.05, 4.69) is 0 Å². The minimum Gasteiger partial charge on any atom is -0.166 e. The molecule has 18 heavy (non-hydrogen) atoms. The Morgan fingerprint density at radius 1 is 0.889 bits per heavy atom. The highest BCUT2D eigenvalue weighted by Gasteiger charge is 2.30. The maximum absolute atomic E-state index is 12.5. The van der Waals surface area contributed by atoms with E-state index in [4.69, 9.17) is 0 Å². The van der Waals surface area contributed by atoms with Crippen molar-refractivity contribution >= 4 is 11.8 Å². The first-order valence-electron chi connectivity index (χ1n) is 5.40. The third-order valence-corrected chi connectivity index (χ3v) is 3.49. The summed E-state index contributed by atoms with van der Waals surface area (Å²) in [7, 11) is 0. The third-order valence-electron chi connectivity index (χ3n) is 2.40. The molecule has 0 aliphatic carbocycles. The predicted molar refractivity (Wildman–Crippen MR) is 67.4 cm³/mol. The molecule has 0 unspecified atom stereocenters. The molecule has 0 fully saturated rings. The van der Waals surface area contributed by atoms with Crippen LogP contribution in [0, 0.1) is 0 Å². The molecule has 0 bridgehead atoms. The van der Waals surface area contributed by atoms with Crippen LogP contribution >= 0.6 is 11.8 Å². The van der Waals surface area contributed by atoms with Gasteiger partial charge in [0.1, 0.15) is 0 Å². The Hall–Kier alpha value is -1.42. The molecule has 2 aromatic carbocycles. The number of rotatable bonds is 3. The minimum atomic E-state index is -4.27. The van der Waals surface area contributed by atoms with Crippen molar-refractivity contribution in [1.82, 2.24) is 0 Å². The van der Waals surface area contributed by atoms with Crippen molar-refractivity contribution in [3.63, 3.8) is 0 Å². The van der Waals surface area contributed by atoms with Gasteiger partial charge in [-0.25, -0.2) is 0 Å². The van der Waals surface area contributed by atoms with E-state index in [1.165, 1.54) is 23.9 Å². The van der Waals surface area contributed by atoms with E-state index < -0.39 is 11.7 Å². The lowest BCUT2D eigenvalue weighted by atomic mass is 10.1. The fourth-order valence-electron chi connectivity index (χ4n) is 1.52. The molecule has 0 radical (unpaired) electrons. The maximum Gasteiger partial charge on any atom is 0.416 e. The molecule has 0 nitrogen and oxygen atoms in total. The first kappa shape index (κ1) is 13.0. The van der Waals surface area contributed by atoms with Crippen LogP contribution in [0.2, 0.25) is 0 Å². The molecule has 0 atom stereocenters. The summed E-state index contributed by atoms with van der Waals surface area (Å²) >= 11 is 1.53. The Bertz CT molecular complexity index is 506. The lowest BCUT2D eigenvalue weighted by Crippen LogP contribution is -2.04. The predicted octanol–water partition coefficient (Wildman–Crippen LogP) is 5.00. The fourth-order valence-corrected chi connectivity index (χ4v) is 2.38. The van der Waals surface area contributed by atoms with Gasteiger partial charge in [-0.1, -0.05) is 36.4 Å². The molecule has 0 saturated heterocycles. The van der Waals surface area contributed by atoms with E-state index in [-0.39, 0.29) is 0 Å². The lowest BCUT2D eigenvalue weighted by Gasteiger charge is -2.08. The molecule has 0 N–H and O–H groups in total. The van der Waals surface area contributed by atoms with Crippen LogP contribution in [0.15, 0.2) is 59.5 Å². The Balaban J connectivity index is 2.06. The number of hydrogen-bond acceptors (Lipinski definition) is 1. The molecule has 0 spiro atoms. The van der Waals surface area contributed by atoms with Gasteiger partial charge in [-0.05, 0) is 23.8 Å². The Morgan fingerprint density at radius 2 is 1.61 bits per heavy atom. The van der Waals surface area contributed by atoms with E-state index >= 15 is 0 Å². The van der Waals surface area contributed by atoms with E-state index in [1.54, 1.807) is 6.07 Å². The van der Waals surface area contributed by atoms with Crippen molar-refractivity contribution in [3.8, 4) is 0 Å². The van der Waals surface area contributed by atoms with Gasteiger partial charge in [0.25, 0.3) is 0 Å². The summed E-state index contributed by atoms with van der Waals surface area (Å²) in [5, 5.41) is 0. The van der Waals surface area contributed by atoms with Crippen LogP contribution in [-0.4, -0.2) is 0 Å². The molecule has 2 aromatic rings. The van der Waals surface area contributed by atoms with Crippen LogP contribution in [0.3, 0.4) is 0 Å². The lowest BCUT2D eigenvalue weighted by molar-refractivity contribution is -0.137. The molecule has 0 heterocycles. The zero-order valence-corrected chi connectivity index (χ0v) is 10.3. The monoisotopic (exact) mass is 268 g/mol. The molecule has 0 aliphatic rings. The molecule has 0 aromatic heterocycles. The highest BCUT2D eigenvalue weighted by molar-refractivity contribution is 7.98. The van der Waals surface area contributed by atoms with E-state index in [0.717, 1.165) is 11.0 Å². The molecule has 94 valence electrons. The molecule has 0 saturated carbocycles. The fraction of sp³-hybridized carbons (Fsp3) is 0.143. The first-order chi connectivity index (χ1) is 8.55. The van der Waals surface area contributed by atoms with Crippen molar-refractivity contribution in [3.05, 3.63) is 65.7 Å². The average molecular weight is 268 g/mol. The summed E-state index contributed by atoms with van der Waals surface area (Å²) in [6.45, 7) is 0. The van der Waals surface area contributed by atoms with Crippen molar-refractivity contribution in [2.75, 3.05) is 0 Å². The maximum atomic E-state index is 12.5. The molecule has 2 rings (SSSR count). The Labute approximate surface area is 108 Å². The van der Waals surface area contributed by atoms with Gasteiger partial charge in [0.15, 0.2) is 0 Å². The second kappa shape index (κ2) is 5.48. The highest BCUT2D eigenvalue weighted by atomic mass is 32.2. The second-order valence-electron chi connectivity index (χ2n) is 3.80. The smallest absolute Gasteiger partial charge is 0.166 e. The largest absolute Gasteiger partial charge is 0.416 e. The topological polar surface area (TPSA) is 0 Å². The van der Waals surface area contributed by atoms with Crippen LogP contribution in [-0.2, 0) is 11.9 Å². The van der Waals surface area contributed by atoms with Gasteiger partial charge in [-0.15, -0.1) is 11.8 Å². The number of thioether (sulfide) groups is 1. The normalized spacial score (nSPS) is 11.5. The van der Waals surface area contributed by atoms with Gasteiger partial charge >= 0.3 is 6.18 Å². The van der Waals surface area contributed by atoms with Crippen LogP contribution in [0.25, 0.3) is 0 Å². The number of halogens is 3. The third kappa shape index (κ3) is 3.53. The molecular weight excluding hydrogens is 257 g/mol. The first-order valence-corrected chi connectivity index (χ1v) is 6.38. The van der Waals surface area contributed by atoms with Crippen molar-refractivity contribution in [1.29, 1.82) is 0 Å². The standard InChI is InChI=1S/C14H11F3S/c15-14(16,17)12-6-4-5-11(9-12)10-18-13-7-2-1-3-8-13/h1-9H,10H2.